The monoisotopic (exact) mass is 301 g/mol. The molecule has 0 aliphatic rings. The molecule has 0 bridgehead atoms. The quantitative estimate of drug-likeness (QED) is 0.895. The van der Waals surface area contributed by atoms with Crippen molar-refractivity contribution >= 4 is 15.9 Å². The van der Waals surface area contributed by atoms with Crippen LogP contribution in [0.3, 0.4) is 0 Å². The molecule has 4 heteroatoms. The first-order valence-electron chi connectivity index (χ1n) is 5.72. The maximum atomic E-state index is 9.79. The smallest absolute Gasteiger partial charge is 0.172 e. The largest absolute Gasteiger partial charge is 0.503 e. The molecule has 0 heterocycles. The van der Waals surface area contributed by atoms with Gasteiger partial charge in [0.25, 0.3) is 0 Å². The Hall–Kier alpha value is -0.740. The molecule has 96 valence electrons. The van der Waals surface area contributed by atoms with E-state index in [1.807, 2.05) is 19.1 Å². The third-order valence-electron chi connectivity index (χ3n) is 2.21. The minimum atomic E-state index is 0.0656. The number of aromatic hydroxyl groups is 1. The van der Waals surface area contributed by atoms with Crippen molar-refractivity contribution in [1.29, 1.82) is 0 Å². The van der Waals surface area contributed by atoms with Crippen LogP contribution in [0.1, 0.15) is 33.3 Å². The highest BCUT2D eigenvalue weighted by atomic mass is 79.9. The SMILES string of the molecule is CCOc1cc(CNC(C)(C)C)cc(Br)c1O. The lowest BCUT2D eigenvalue weighted by Crippen LogP contribution is -2.35. The van der Waals surface area contributed by atoms with E-state index in [9.17, 15) is 5.11 Å². The zero-order chi connectivity index (χ0) is 13.1. The van der Waals surface area contributed by atoms with Gasteiger partial charge >= 0.3 is 0 Å². The van der Waals surface area contributed by atoms with E-state index in [0.717, 1.165) is 12.1 Å². The van der Waals surface area contributed by atoms with E-state index in [4.69, 9.17) is 4.74 Å². The van der Waals surface area contributed by atoms with Crippen molar-refractivity contribution in [3.05, 3.63) is 22.2 Å². The molecule has 0 aromatic heterocycles. The molecule has 3 nitrogen and oxygen atoms in total. The summed E-state index contributed by atoms with van der Waals surface area (Å²) in [6.07, 6.45) is 0. The van der Waals surface area contributed by atoms with Gasteiger partial charge in [-0.2, -0.15) is 0 Å². The van der Waals surface area contributed by atoms with Crippen molar-refractivity contribution in [2.75, 3.05) is 6.61 Å². The summed E-state index contributed by atoms with van der Waals surface area (Å²) < 4.78 is 6.04. The van der Waals surface area contributed by atoms with Gasteiger partial charge in [-0.15, -0.1) is 0 Å². The van der Waals surface area contributed by atoms with Gasteiger partial charge in [0.2, 0.25) is 0 Å². The molecule has 0 saturated heterocycles. The topological polar surface area (TPSA) is 41.5 Å². The zero-order valence-electron chi connectivity index (χ0n) is 10.8. The number of nitrogens with one attached hydrogen (secondary N) is 1. The summed E-state index contributed by atoms with van der Waals surface area (Å²) in [4.78, 5) is 0. The number of phenolic OH excluding ortho intramolecular Hbond substituents is 1. The van der Waals surface area contributed by atoms with Gasteiger partial charge in [-0.25, -0.2) is 0 Å². The van der Waals surface area contributed by atoms with Crippen molar-refractivity contribution in [3.8, 4) is 11.5 Å². The maximum absolute atomic E-state index is 9.79. The third-order valence-corrected chi connectivity index (χ3v) is 2.82. The van der Waals surface area contributed by atoms with Crippen LogP contribution in [-0.2, 0) is 6.54 Å². The van der Waals surface area contributed by atoms with Gasteiger partial charge in [0.1, 0.15) is 0 Å². The van der Waals surface area contributed by atoms with Crippen molar-refractivity contribution < 1.29 is 9.84 Å². The van der Waals surface area contributed by atoms with E-state index in [0.29, 0.717) is 16.8 Å². The van der Waals surface area contributed by atoms with E-state index in [1.165, 1.54) is 0 Å². The van der Waals surface area contributed by atoms with Crippen LogP contribution in [0.2, 0.25) is 0 Å². The Morgan fingerprint density at radius 1 is 1.35 bits per heavy atom. The van der Waals surface area contributed by atoms with Gasteiger partial charge in [-0.1, -0.05) is 0 Å². The van der Waals surface area contributed by atoms with Gasteiger partial charge in [0, 0.05) is 12.1 Å². The number of phenols is 1. The van der Waals surface area contributed by atoms with Crippen molar-refractivity contribution in [2.45, 2.75) is 39.8 Å². The number of hydrogen-bond acceptors (Lipinski definition) is 3. The number of benzene rings is 1. The highest BCUT2D eigenvalue weighted by Crippen LogP contribution is 2.35. The lowest BCUT2D eigenvalue weighted by Gasteiger charge is -2.21. The van der Waals surface area contributed by atoms with Crippen molar-refractivity contribution in [3.63, 3.8) is 0 Å². The lowest BCUT2D eigenvalue weighted by molar-refractivity contribution is 0.316. The summed E-state index contributed by atoms with van der Waals surface area (Å²) in [7, 11) is 0. The maximum Gasteiger partial charge on any atom is 0.172 e. The molecule has 0 unspecified atom stereocenters. The summed E-state index contributed by atoms with van der Waals surface area (Å²) in [5.74, 6) is 0.680. The molecule has 0 amide bonds. The van der Waals surface area contributed by atoms with E-state index in [-0.39, 0.29) is 11.3 Å². The molecular weight excluding hydrogens is 282 g/mol. The molecule has 0 radical (unpaired) electrons. The average molecular weight is 302 g/mol. The Morgan fingerprint density at radius 2 is 2.00 bits per heavy atom. The highest BCUT2D eigenvalue weighted by molar-refractivity contribution is 9.10. The van der Waals surface area contributed by atoms with Crippen LogP contribution in [0.4, 0.5) is 0 Å². The van der Waals surface area contributed by atoms with Gasteiger partial charge in [-0.05, 0) is 61.3 Å². The first-order chi connectivity index (χ1) is 7.83. The molecule has 1 rings (SSSR count). The van der Waals surface area contributed by atoms with Gasteiger partial charge < -0.3 is 15.2 Å². The summed E-state index contributed by atoms with van der Waals surface area (Å²) in [5.41, 5.74) is 1.14. The molecule has 0 fully saturated rings. The second-order valence-electron chi connectivity index (χ2n) is 4.96. The summed E-state index contributed by atoms with van der Waals surface area (Å²) >= 11 is 3.33. The van der Waals surface area contributed by atoms with Gasteiger partial charge in [-0.3, -0.25) is 0 Å². The fraction of sp³-hybridized carbons (Fsp3) is 0.538. The standard InChI is InChI=1S/C13H20BrNO2/c1-5-17-11-7-9(6-10(14)12(11)16)8-15-13(2,3)4/h6-7,15-16H,5,8H2,1-4H3. The fourth-order valence-corrected chi connectivity index (χ4v) is 1.85. The third kappa shape index (κ3) is 4.56. The summed E-state index contributed by atoms with van der Waals surface area (Å²) in [5, 5.41) is 13.2. The first-order valence-corrected chi connectivity index (χ1v) is 6.52. The zero-order valence-corrected chi connectivity index (χ0v) is 12.4. The molecule has 1 aromatic carbocycles. The van der Waals surface area contributed by atoms with Crippen LogP contribution in [0.5, 0.6) is 11.5 Å². The van der Waals surface area contributed by atoms with Gasteiger partial charge in [0.15, 0.2) is 11.5 Å². The Balaban J connectivity index is 2.86. The normalized spacial score (nSPS) is 11.6. The van der Waals surface area contributed by atoms with Crippen molar-refractivity contribution in [1.82, 2.24) is 5.32 Å². The minimum absolute atomic E-state index is 0.0656. The summed E-state index contributed by atoms with van der Waals surface area (Å²) in [6, 6.07) is 3.76. The second kappa shape index (κ2) is 5.74. The van der Waals surface area contributed by atoms with Crippen LogP contribution < -0.4 is 10.1 Å². The summed E-state index contributed by atoms with van der Waals surface area (Å²) in [6.45, 7) is 9.52. The molecule has 0 aliphatic carbocycles. The molecule has 2 N–H and O–H groups in total. The molecular formula is C13H20BrNO2. The molecule has 1 aromatic rings. The average Bonchev–Trinajstić information content (AvgIpc) is 2.21. The highest BCUT2D eigenvalue weighted by Gasteiger charge is 2.12. The van der Waals surface area contributed by atoms with E-state index in [1.54, 1.807) is 0 Å². The Morgan fingerprint density at radius 3 is 2.53 bits per heavy atom. The molecule has 0 atom stereocenters. The molecule has 0 saturated carbocycles. The number of rotatable bonds is 4. The minimum Gasteiger partial charge on any atom is -0.503 e. The lowest BCUT2D eigenvalue weighted by atomic mass is 10.1. The van der Waals surface area contributed by atoms with E-state index >= 15 is 0 Å². The van der Waals surface area contributed by atoms with E-state index in [2.05, 4.69) is 42.0 Å². The van der Waals surface area contributed by atoms with Gasteiger partial charge in [0.05, 0.1) is 11.1 Å². The van der Waals surface area contributed by atoms with Crippen LogP contribution in [0.15, 0.2) is 16.6 Å². The fourth-order valence-electron chi connectivity index (χ4n) is 1.36. The second-order valence-corrected chi connectivity index (χ2v) is 5.82. The molecule has 0 spiro atoms. The van der Waals surface area contributed by atoms with E-state index < -0.39 is 0 Å². The van der Waals surface area contributed by atoms with Crippen LogP contribution >= 0.6 is 15.9 Å². The van der Waals surface area contributed by atoms with Crippen LogP contribution in [0.25, 0.3) is 0 Å². The van der Waals surface area contributed by atoms with Crippen molar-refractivity contribution in [2.24, 2.45) is 0 Å². The Bertz CT molecular complexity index is 386. The first kappa shape index (κ1) is 14.3. The molecule has 17 heavy (non-hydrogen) atoms. The Kier molecular flexibility index (Phi) is 4.83. The van der Waals surface area contributed by atoms with Crippen LogP contribution in [-0.4, -0.2) is 17.3 Å². The number of hydrogen-bond donors (Lipinski definition) is 2. The Labute approximate surface area is 111 Å². The number of halogens is 1. The predicted molar refractivity (Wildman–Crippen MR) is 73.6 cm³/mol. The number of ether oxygens (including phenoxy) is 1. The van der Waals surface area contributed by atoms with Crippen LogP contribution in [0, 0.1) is 0 Å². The predicted octanol–water partition coefficient (Wildman–Crippen LogP) is 3.44. The molecule has 0 aliphatic heterocycles.